The number of hydrogen-bond donors (Lipinski definition) is 0. The Bertz CT molecular complexity index is 676. The Labute approximate surface area is 110 Å². The number of benzene rings is 4. The minimum atomic E-state index is 0. The van der Waals surface area contributed by atoms with E-state index in [-0.39, 0.29) is 16.8 Å². The molecule has 0 aliphatic rings. The van der Waals surface area contributed by atoms with Gasteiger partial charge in [0.2, 0.25) is 0 Å². The lowest BCUT2D eigenvalue weighted by atomic mass is 9.95. The molecule has 0 saturated heterocycles. The van der Waals surface area contributed by atoms with Gasteiger partial charge in [0.05, 0.1) is 0 Å². The Morgan fingerprint density at radius 1 is 0.389 bits per heavy atom. The van der Waals surface area contributed by atoms with Crippen molar-refractivity contribution >= 4 is 49.1 Å². The second-order valence-electron chi connectivity index (χ2n) is 4.29. The Balaban J connectivity index is 0.000000602. The molecule has 0 aliphatic carbocycles. The van der Waals surface area contributed by atoms with Crippen LogP contribution in [0.25, 0.3) is 32.3 Å². The zero-order valence-electron chi connectivity index (χ0n) is 9.93. The molecular weight excluding hydrogens is 214 g/mol. The first-order chi connectivity index (χ1) is 7.93. The van der Waals surface area contributed by atoms with Crippen LogP contribution >= 0.6 is 0 Å². The van der Waals surface area contributed by atoms with Crippen LogP contribution in [0.1, 0.15) is 0 Å². The van der Waals surface area contributed by atoms with Gasteiger partial charge in [-0.15, -0.1) is 0 Å². The van der Waals surface area contributed by atoms with Crippen molar-refractivity contribution in [1.29, 1.82) is 0 Å². The van der Waals surface area contributed by atoms with Crippen molar-refractivity contribution in [2.45, 2.75) is 0 Å². The highest BCUT2D eigenvalue weighted by atomic mass is 14.1. The van der Waals surface area contributed by atoms with Crippen molar-refractivity contribution in [3.63, 3.8) is 0 Å². The van der Waals surface area contributed by atoms with Gasteiger partial charge in [-0.05, 0) is 32.3 Å². The monoisotopic (exact) mass is 224 g/mol. The molecule has 18 heavy (non-hydrogen) atoms. The molecule has 2 heteroatoms. The van der Waals surface area contributed by atoms with E-state index in [0.717, 1.165) is 0 Å². The van der Waals surface area contributed by atoms with Gasteiger partial charge >= 0.3 is 0 Å². The smallest absolute Gasteiger partial charge is 0 e. The van der Waals surface area contributed by atoms with Crippen LogP contribution < -0.4 is 0 Å². The molecule has 0 fully saturated rings. The van der Waals surface area contributed by atoms with E-state index in [1.54, 1.807) is 0 Å². The summed E-state index contributed by atoms with van der Waals surface area (Å²) >= 11 is 0. The van der Waals surface area contributed by atoms with Crippen molar-refractivity contribution in [2.75, 3.05) is 0 Å². The van der Waals surface area contributed by atoms with E-state index in [1.807, 2.05) is 0 Å². The van der Waals surface area contributed by atoms with Gasteiger partial charge in [0.15, 0.2) is 0 Å². The number of rotatable bonds is 0. The molecule has 80 valence electrons. The summed E-state index contributed by atoms with van der Waals surface area (Å²) in [5.74, 6) is 0. The van der Waals surface area contributed by atoms with Crippen LogP contribution in [0.5, 0.6) is 0 Å². The van der Waals surface area contributed by atoms with Crippen LogP contribution in [-0.4, -0.2) is 16.8 Å². The predicted molar refractivity (Wildman–Crippen MR) is 81.7 cm³/mol. The maximum atomic E-state index is 2.21. The zero-order valence-corrected chi connectivity index (χ0v) is 9.93. The summed E-state index contributed by atoms with van der Waals surface area (Å²) in [6.45, 7) is 0. The first-order valence-corrected chi connectivity index (χ1v) is 5.56. The Morgan fingerprint density at radius 3 is 0.944 bits per heavy atom. The summed E-state index contributed by atoms with van der Waals surface area (Å²) in [5.41, 5.74) is 0. The van der Waals surface area contributed by atoms with Crippen LogP contribution in [0.15, 0.2) is 60.7 Å². The van der Waals surface area contributed by atoms with Gasteiger partial charge in [-0.3, -0.25) is 0 Å². The molecule has 0 saturated carbocycles. The van der Waals surface area contributed by atoms with E-state index >= 15 is 0 Å². The molecule has 0 aliphatic heterocycles. The van der Waals surface area contributed by atoms with E-state index in [4.69, 9.17) is 0 Å². The first-order valence-electron chi connectivity index (χ1n) is 5.56. The van der Waals surface area contributed by atoms with Crippen LogP contribution in [-0.2, 0) is 0 Å². The number of hydrogen-bond acceptors (Lipinski definition) is 0. The Hall–Kier alpha value is -1.95. The first kappa shape index (κ1) is 12.5. The van der Waals surface area contributed by atoms with E-state index in [9.17, 15) is 0 Å². The molecule has 0 bridgehead atoms. The molecule has 0 N–H and O–H groups in total. The van der Waals surface area contributed by atoms with E-state index < -0.39 is 0 Å². The molecule has 6 radical (unpaired) electrons. The maximum Gasteiger partial charge on any atom is 0 e. The average molecular weight is 224 g/mol. The van der Waals surface area contributed by atoms with E-state index in [0.29, 0.717) is 0 Å². The lowest BCUT2D eigenvalue weighted by Gasteiger charge is -2.09. The third kappa shape index (κ3) is 1.49. The second kappa shape index (κ2) is 4.38. The molecule has 4 aromatic rings. The molecule has 0 aromatic heterocycles. The SMILES string of the molecule is [B].[B].c1cc2ccc3cccc4ccc(c1)c2c34. The molecule has 0 unspecified atom stereocenters. The minimum Gasteiger partial charge on any atom is -0.0610 e. The largest absolute Gasteiger partial charge is 0.0610 e. The van der Waals surface area contributed by atoms with Gasteiger partial charge < -0.3 is 0 Å². The normalized spacial score (nSPS) is 10.4. The van der Waals surface area contributed by atoms with Gasteiger partial charge in [0, 0.05) is 16.8 Å². The fourth-order valence-corrected chi connectivity index (χ4v) is 2.67. The van der Waals surface area contributed by atoms with Crippen molar-refractivity contribution in [1.82, 2.24) is 0 Å². The summed E-state index contributed by atoms with van der Waals surface area (Å²) in [6.07, 6.45) is 0. The fourth-order valence-electron chi connectivity index (χ4n) is 2.67. The third-order valence-electron chi connectivity index (χ3n) is 3.39. The topological polar surface area (TPSA) is 0 Å². The summed E-state index contributed by atoms with van der Waals surface area (Å²) < 4.78 is 0. The molecule has 0 heterocycles. The maximum absolute atomic E-state index is 2.21. The summed E-state index contributed by atoms with van der Waals surface area (Å²) in [6, 6.07) is 21.9. The summed E-state index contributed by atoms with van der Waals surface area (Å²) in [4.78, 5) is 0. The summed E-state index contributed by atoms with van der Waals surface area (Å²) in [7, 11) is 0. The molecular formula is C16H10B2. The van der Waals surface area contributed by atoms with Gasteiger partial charge in [-0.2, -0.15) is 0 Å². The van der Waals surface area contributed by atoms with Crippen LogP contribution in [0.3, 0.4) is 0 Å². The van der Waals surface area contributed by atoms with E-state index in [2.05, 4.69) is 60.7 Å². The Kier molecular flexibility index (Phi) is 3.04. The van der Waals surface area contributed by atoms with Crippen molar-refractivity contribution in [3.05, 3.63) is 60.7 Å². The van der Waals surface area contributed by atoms with E-state index in [1.165, 1.54) is 32.3 Å². The second-order valence-corrected chi connectivity index (χ2v) is 4.29. The average Bonchev–Trinajstić information content (AvgIpc) is 2.36. The van der Waals surface area contributed by atoms with Crippen molar-refractivity contribution in [3.8, 4) is 0 Å². The van der Waals surface area contributed by atoms with Crippen molar-refractivity contribution < 1.29 is 0 Å². The molecule has 0 atom stereocenters. The van der Waals surface area contributed by atoms with Crippen molar-refractivity contribution in [2.24, 2.45) is 0 Å². The molecule has 4 aromatic carbocycles. The zero-order chi connectivity index (χ0) is 10.5. The highest BCUT2D eigenvalue weighted by Crippen LogP contribution is 2.33. The highest BCUT2D eigenvalue weighted by Gasteiger charge is 2.05. The van der Waals surface area contributed by atoms with Gasteiger partial charge in [0.25, 0.3) is 0 Å². The summed E-state index contributed by atoms with van der Waals surface area (Å²) in [5, 5.41) is 8.14. The fraction of sp³-hybridized carbons (Fsp3) is 0. The quantitative estimate of drug-likeness (QED) is 0.314. The highest BCUT2D eigenvalue weighted by molar-refractivity contribution is 6.22. The van der Waals surface area contributed by atoms with Gasteiger partial charge in [-0.25, -0.2) is 0 Å². The standard InChI is InChI=1S/C16H10.2B/c1-3-11-7-9-13-5-2-6-14-10-8-12(4-1)15(11)16(13)14;;/h1-10H;;. The predicted octanol–water partition coefficient (Wildman–Crippen LogP) is 3.82. The van der Waals surface area contributed by atoms with Gasteiger partial charge in [-0.1, -0.05) is 60.7 Å². The third-order valence-corrected chi connectivity index (χ3v) is 3.39. The lowest BCUT2D eigenvalue weighted by Crippen LogP contribution is -1.82. The molecule has 0 nitrogen and oxygen atoms in total. The molecule has 0 spiro atoms. The minimum absolute atomic E-state index is 0. The molecule has 0 amide bonds. The Morgan fingerprint density at radius 2 is 0.667 bits per heavy atom. The van der Waals surface area contributed by atoms with Crippen LogP contribution in [0, 0.1) is 0 Å². The van der Waals surface area contributed by atoms with Gasteiger partial charge in [0.1, 0.15) is 0 Å². The molecule has 4 rings (SSSR count). The lowest BCUT2D eigenvalue weighted by molar-refractivity contribution is 1.78. The van der Waals surface area contributed by atoms with Crippen LogP contribution in [0.4, 0.5) is 0 Å². The van der Waals surface area contributed by atoms with Crippen LogP contribution in [0.2, 0.25) is 0 Å².